The van der Waals surface area contributed by atoms with Gasteiger partial charge in [-0.1, -0.05) is 0 Å². The molecule has 2 aromatic heterocycles. The fraction of sp³-hybridized carbons (Fsp3) is 0.167. The Morgan fingerprint density at radius 2 is 2.25 bits per heavy atom. The van der Waals surface area contributed by atoms with Gasteiger partial charge in [-0.3, -0.25) is 14.3 Å². The highest BCUT2D eigenvalue weighted by molar-refractivity contribution is 6.03. The number of rotatable bonds is 4. The van der Waals surface area contributed by atoms with E-state index in [2.05, 4.69) is 19.6 Å². The third-order valence-corrected chi connectivity index (χ3v) is 2.37. The lowest BCUT2D eigenvalue weighted by molar-refractivity contribution is -0.141. The number of methoxy groups -OCH3 is 1. The molecule has 0 unspecified atom stereocenters. The number of amides is 1. The van der Waals surface area contributed by atoms with Crippen LogP contribution in [0.25, 0.3) is 0 Å². The minimum absolute atomic E-state index is 0.0490. The molecule has 0 saturated heterocycles. The van der Waals surface area contributed by atoms with Crippen molar-refractivity contribution < 1.29 is 18.7 Å². The van der Waals surface area contributed by atoms with Crippen LogP contribution in [-0.4, -0.2) is 28.8 Å². The Balaban J connectivity index is 2.03. The number of ether oxygens (including phenoxy) is 1. The van der Waals surface area contributed by atoms with Crippen LogP contribution in [-0.2, 0) is 16.1 Å². The number of aromatic nitrogens is 2. The quantitative estimate of drug-likeness (QED) is 0.804. The standard InChI is InChI=1S/C12H11N3O5/c1-19-11(17)6-15-5-9(4-13-15)14-12(18)8-2-3-10(16)20-7-8/h2-5,7H,6H2,1H3,(H,14,18). The second-order valence-electron chi connectivity index (χ2n) is 3.80. The first kappa shape index (κ1) is 13.5. The molecule has 0 atom stereocenters. The minimum atomic E-state index is -0.535. The van der Waals surface area contributed by atoms with Crippen LogP contribution in [0, 0.1) is 0 Å². The first-order valence-corrected chi connectivity index (χ1v) is 5.58. The molecule has 0 aliphatic carbocycles. The van der Waals surface area contributed by atoms with Crippen LogP contribution in [0.1, 0.15) is 10.4 Å². The monoisotopic (exact) mass is 277 g/mol. The molecule has 20 heavy (non-hydrogen) atoms. The molecule has 0 aliphatic rings. The van der Waals surface area contributed by atoms with Crippen molar-refractivity contribution in [3.05, 3.63) is 46.8 Å². The lowest BCUT2D eigenvalue weighted by atomic mass is 10.3. The van der Waals surface area contributed by atoms with Gasteiger partial charge >= 0.3 is 11.6 Å². The van der Waals surface area contributed by atoms with Crippen LogP contribution in [0.15, 0.2) is 40.0 Å². The van der Waals surface area contributed by atoms with E-state index in [1.54, 1.807) is 0 Å². The lowest BCUT2D eigenvalue weighted by Gasteiger charge is -2.01. The van der Waals surface area contributed by atoms with E-state index in [9.17, 15) is 14.4 Å². The summed E-state index contributed by atoms with van der Waals surface area (Å²) < 4.78 is 10.4. The van der Waals surface area contributed by atoms with Gasteiger partial charge in [0.15, 0.2) is 0 Å². The van der Waals surface area contributed by atoms with Crippen molar-refractivity contribution in [3.63, 3.8) is 0 Å². The number of esters is 1. The van der Waals surface area contributed by atoms with E-state index >= 15 is 0 Å². The molecule has 104 valence electrons. The molecule has 0 aromatic carbocycles. The first-order chi connectivity index (χ1) is 9.58. The van der Waals surface area contributed by atoms with Crippen molar-refractivity contribution in [1.29, 1.82) is 0 Å². The van der Waals surface area contributed by atoms with Gasteiger partial charge in [-0.2, -0.15) is 5.10 Å². The number of hydrogen-bond acceptors (Lipinski definition) is 6. The van der Waals surface area contributed by atoms with E-state index in [1.165, 1.54) is 30.3 Å². The van der Waals surface area contributed by atoms with Gasteiger partial charge in [0, 0.05) is 12.3 Å². The Bertz CT molecular complexity index is 668. The van der Waals surface area contributed by atoms with Gasteiger partial charge in [-0.15, -0.1) is 0 Å². The van der Waals surface area contributed by atoms with Gasteiger partial charge in [-0.05, 0) is 6.07 Å². The second-order valence-corrected chi connectivity index (χ2v) is 3.80. The topological polar surface area (TPSA) is 103 Å². The summed E-state index contributed by atoms with van der Waals surface area (Å²) in [5.41, 5.74) is 0.0721. The van der Waals surface area contributed by atoms with E-state index in [1.807, 2.05) is 0 Å². The van der Waals surface area contributed by atoms with Gasteiger partial charge < -0.3 is 14.5 Å². The lowest BCUT2D eigenvalue weighted by Crippen LogP contribution is -2.13. The first-order valence-electron chi connectivity index (χ1n) is 5.58. The number of carbonyl (C=O) groups excluding carboxylic acids is 2. The SMILES string of the molecule is COC(=O)Cn1cc(NC(=O)c2ccc(=O)oc2)cn1. The Labute approximate surface area is 113 Å². The molecule has 1 N–H and O–H groups in total. The minimum Gasteiger partial charge on any atom is -0.468 e. The summed E-state index contributed by atoms with van der Waals surface area (Å²) in [6.07, 6.45) is 3.93. The van der Waals surface area contributed by atoms with Gasteiger partial charge in [0.1, 0.15) is 12.8 Å². The van der Waals surface area contributed by atoms with Crippen molar-refractivity contribution in [2.45, 2.75) is 6.54 Å². The van der Waals surface area contributed by atoms with Crippen molar-refractivity contribution in [1.82, 2.24) is 9.78 Å². The van der Waals surface area contributed by atoms with E-state index in [0.717, 1.165) is 12.3 Å². The van der Waals surface area contributed by atoms with Crippen molar-refractivity contribution in [3.8, 4) is 0 Å². The Kier molecular flexibility index (Phi) is 3.94. The Morgan fingerprint density at radius 1 is 1.45 bits per heavy atom. The van der Waals surface area contributed by atoms with E-state index in [4.69, 9.17) is 0 Å². The van der Waals surface area contributed by atoms with E-state index in [0.29, 0.717) is 5.69 Å². The van der Waals surface area contributed by atoms with Crippen LogP contribution in [0.5, 0.6) is 0 Å². The molecule has 0 bridgehead atoms. The molecular weight excluding hydrogens is 266 g/mol. The highest BCUT2D eigenvalue weighted by atomic mass is 16.5. The summed E-state index contributed by atoms with van der Waals surface area (Å²) in [4.78, 5) is 33.6. The van der Waals surface area contributed by atoms with Gasteiger partial charge in [-0.25, -0.2) is 4.79 Å². The molecule has 8 nitrogen and oxygen atoms in total. The highest BCUT2D eigenvalue weighted by Gasteiger charge is 2.09. The second kappa shape index (κ2) is 5.83. The molecule has 0 radical (unpaired) electrons. The predicted octanol–water partition coefficient (Wildman–Crippen LogP) is 0.262. The molecular formula is C12H11N3O5. The zero-order valence-electron chi connectivity index (χ0n) is 10.5. The fourth-order valence-corrected chi connectivity index (χ4v) is 1.40. The number of carbonyl (C=O) groups is 2. The van der Waals surface area contributed by atoms with Gasteiger partial charge in [0.05, 0.1) is 24.6 Å². The zero-order chi connectivity index (χ0) is 14.5. The van der Waals surface area contributed by atoms with Crippen molar-refractivity contribution >= 4 is 17.6 Å². The van der Waals surface area contributed by atoms with Crippen molar-refractivity contribution in [2.75, 3.05) is 12.4 Å². The molecule has 0 aliphatic heterocycles. The Morgan fingerprint density at radius 3 is 2.90 bits per heavy atom. The van der Waals surface area contributed by atoms with Gasteiger partial charge in [0.25, 0.3) is 5.91 Å². The maximum absolute atomic E-state index is 11.8. The molecule has 0 spiro atoms. The summed E-state index contributed by atoms with van der Waals surface area (Å²) in [7, 11) is 1.28. The van der Waals surface area contributed by atoms with Crippen molar-refractivity contribution in [2.24, 2.45) is 0 Å². The molecule has 2 aromatic rings. The summed E-state index contributed by atoms with van der Waals surface area (Å²) in [5.74, 6) is -0.901. The molecule has 2 heterocycles. The normalized spacial score (nSPS) is 10.1. The molecule has 2 rings (SSSR count). The molecule has 1 amide bonds. The third-order valence-electron chi connectivity index (χ3n) is 2.37. The number of nitrogens with one attached hydrogen (secondary N) is 1. The van der Waals surface area contributed by atoms with Gasteiger partial charge in [0.2, 0.25) is 0 Å². The smallest absolute Gasteiger partial charge is 0.335 e. The van der Waals surface area contributed by atoms with E-state index in [-0.39, 0.29) is 12.1 Å². The maximum atomic E-state index is 11.8. The number of hydrogen-bond donors (Lipinski definition) is 1. The maximum Gasteiger partial charge on any atom is 0.335 e. The molecule has 8 heteroatoms. The fourth-order valence-electron chi connectivity index (χ4n) is 1.40. The van der Waals surface area contributed by atoms with E-state index < -0.39 is 17.5 Å². The average molecular weight is 277 g/mol. The summed E-state index contributed by atoms with van der Waals surface area (Å²) >= 11 is 0. The van der Waals surface area contributed by atoms with Crippen LogP contribution in [0.2, 0.25) is 0 Å². The van der Waals surface area contributed by atoms with Crippen LogP contribution >= 0.6 is 0 Å². The summed E-state index contributed by atoms with van der Waals surface area (Å²) in [6.45, 7) is -0.0490. The average Bonchev–Trinajstić information content (AvgIpc) is 2.86. The zero-order valence-corrected chi connectivity index (χ0v) is 10.5. The van der Waals surface area contributed by atoms with Crippen LogP contribution in [0.3, 0.4) is 0 Å². The Hall–Kier alpha value is -2.90. The summed E-state index contributed by atoms with van der Waals surface area (Å²) in [5, 5.41) is 6.45. The number of anilines is 1. The summed E-state index contributed by atoms with van der Waals surface area (Å²) in [6, 6.07) is 2.50. The number of nitrogens with zero attached hydrogens (tertiary/aromatic N) is 2. The highest BCUT2D eigenvalue weighted by Crippen LogP contribution is 2.07. The largest absolute Gasteiger partial charge is 0.468 e. The van der Waals surface area contributed by atoms with Crippen LogP contribution < -0.4 is 10.9 Å². The predicted molar refractivity (Wildman–Crippen MR) is 67.2 cm³/mol. The van der Waals surface area contributed by atoms with Crippen LogP contribution in [0.4, 0.5) is 5.69 Å². The third kappa shape index (κ3) is 3.31. The molecule has 0 saturated carbocycles. The molecule has 0 fully saturated rings.